The van der Waals surface area contributed by atoms with Gasteiger partial charge in [-0.05, 0) is 109 Å². The van der Waals surface area contributed by atoms with Crippen LogP contribution in [0.5, 0.6) is 0 Å². The molecule has 0 bridgehead atoms. The van der Waals surface area contributed by atoms with E-state index < -0.39 is 5.41 Å². The molecule has 0 fully saturated rings. The van der Waals surface area contributed by atoms with Crippen LogP contribution in [0.2, 0.25) is 0 Å². The molecule has 54 heavy (non-hydrogen) atoms. The van der Waals surface area contributed by atoms with Crippen molar-refractivity contribution in [1.29, 1.82) is 0 Å². The number of anilines is 3. The van der Waals surface area contributed by atoms with Gasteiger partial charge in [0.2, 0.25) is 0 Å². The smallest absolute Gasteiger partial charge is 0.0714 e. The van der Waals surface area contributed by atoms with E-state index in [-0.39, 0.29) is 0 Å². The lowest BCUT2D eigenvalue weighted by molar-refractivity contribution is 0.768. The molecular formula is C53H37N. The zero-order valence-electron chi connectivity index (χ0n) is 29.8. The number of nitrogens with zero attached hydrogens (tertiary/aromatic N) is 1. The van der Waals surface area contributed by atoms with Crippen LogP contribution in [0.4, 0.5) is 17.1 Å². The Kier molecular flexibility index (Phi) is 7.78. The van der Waals surface area contributed by atoms with Gasteiger partial charge in [-0.3, -0.25) is 0 Å². The summed E-state index contributed by atoms with van der Waals surface area (Å²) in [5, 5.41) is 2.53. The molecule has 0 heterocycles. The maximum absolute atomic E-state index is 2.43. The molecule has 1 nitrogen and oxygen atoms in total. The Morgan fingerprint density at radius 1 is 0.296 bits per heavy atom. The van der Waals surface area contributed by atoms with E-state index in [9.17, 15) is 0 Å². The van der Waals surface area contributed by atoms with E-state index in [1.165, 1.54) is 66.4 Å². The SMILES string of the molecule is c1ccc(N(c2ccc(-c3cccc(-c4cccc5ccccc45)c3)cc2)c2ccc3c(c2)C(c2ccccc2)(c2ccccc2)c2ccccc2-3)cc1. The Labute approximate surface area is 317 Å². The zero-order valence-corrected chi connectivity index (χ0v) is 29.8. The number of hydrogen-bond acceptors (Lipinski definition) is 1. The fraction of sp³-hybridized carbons (Fsp3) is 0.0189. The average Bonchev–Trinajstić information content (AvgIpc) is 3.55. The van der Waals surface area contributed by atoms with E-state index in [0.717, 1.165) is 17.1 Å². The highest BCUT2D eigenvalue weighted by Crippen LogP contribution is 2.57. The minimum absolute atomic E-state index is 0.467. The van der Waals surface area contributed by atoms with Gasteiger partial charge in [0.05, 0.1) is 5.41 Å². The molecule has 9 aromatic carbocycles. The summed E-state index contributed by atoms with van der Waals surface area (Å²) < 4.78 is 0. The van der Waals surface area contributed by atoms with Crippen molar-refractivity contribution in [2.24, 2.45) is 0 Å². The molecule has 0 saturated heterocycles. The molecule has 10 rings (SSSR count). The highest BCUT2D eigenvalue weighted by molar-refractivity contribution is 5.97. The summed E-state index contributed by atoms with van der Waals surface area (Å²) >= 11 is 0. The third kappa shape index (κ3) is 5.17. The van der Waals surface area contributed by atoms with E-state index >= 15 is 0 Å². The predicted octanol–water partition coefficient (Wildman–Crippen LogP) is 14.0. The lowest BCUT2D eigenvalue weighted by Gasteiger charge is -2.35. The topological polar surface area (TPSA) is 3.24 Å². The normalized spacial score (nSPS) is 12.6. The van der Waals surface area contributed by atoms with Crippen LogP contribution in [0.3, 0.4) is 0 Å². The summed E-state index contributed by atoms with van der Waals surface area (Å²) in [6, 6.07) is 81.9. The van der Waals surface area contributed by atoms with Crippen molar-refractivity contribution in [3.8, 4) is 33.4 Å². The maximum atomic E-state index is 2.43. The van der Waals surface area contributed by atoms with Gasteiger partial charge in [0.15, 0.2) is 0 Å². The predicted molar refractivity (Wildman–Crippen MR) is 227 cm³/mol. The summed E-state index contributed by atoms with van der Waals surface area (Å²) in [6.45, 7) is 0. The van der Waals surface area contributed by atoms with Crippen LogP contribution in [0.1, 0.15) is 22.3 Å². The first kappa shape index (κ1) is 31.7. The molecule has 0 unspecified atom stereocenters. The molecule has 0 aliphatic heterocycles. The minimum atomic E-state index is -0.467. The first-order valence-electron chi connectivity index (χ1n) is 18.7. The van der Waals surface area contributed by atoms with Gasteiger partial charge in [-0.1, -0.05) is 182 Å². The third-order valence-electron chi connectivity index (χ3n) is 11.1. The molecule has 0 radical (unpaired) electrons. The summed E-state index contributed by atoms with van der Waals surface area (Å²) in [4.78, 5) is 2.39. The minimum Gasteiger partial charge on any atom is -0.310 e. The Balaban J connectivity index is 1.11. The Morgan fingerprint density at radius 2 is 0.833 bits per heavy atom. The fourth-order valence-electron chi connectivity index (χ4n) is 8.74. The van der Waals surface area contributed by atoms with Crippen molar-refractivity contribution in [3.05, 3.63) is 247 Å². The van der Waals surface area contributed by atoms with Crippen molar-refractivity contribution in [2.75, 3.05) is 4.90 Å². The molecule has 1 heteroatoms. The number of fused-ring (bicyclic) bond motifs is 4. The van der Waals surface area contributed by atoms with Gasteiger partial charge >= 0.3 is 0 Å². The molecule has 1 aliphatic carbocycles. The third-order valence-corrected chi connectivity index (χ3v) is 11.1. The molecule has 9 aromatic rings. The summed E-state index contributed by atoms with van der Waals surface area (Å²) in [7, 11) is 0. The number of benzene rings is 9. The number of hydrogen-bond donors (Lipinski definition) is 0. The number of para-hydroxylation sites is 1. The van der Waals surface area contributed by atoms with E-state index in [2.05, 4.69) is 229 Å². The number of rotatable bonds is 7. The first-order valence-corrected chi connectivity index (χ1v) is 18.7. The van der Waals surface area contributed by atoms with Crippen LogP contribution in [0.15, 0.2) is 224 Å². The van der Waals surface area contributed by atoms with Crippen molar-refractivity contribution in [3.63, 3.8) is 0 Å². The molecule has 0 atom stereocenters. The second-order valence-corrected chi connectivity index (χ2v) is 14.1. The van der Waals surface area contributed by atoms with E-state index in [1.54, 1.807) is 0 Å². The van der Waals surface area contributed by atoms with Gasteiger partial charge in [-0.2, -0.15) is 0 Å². The van der Waals surface area contributed by atoms with Gasteiger partial charge in [0.1, 0.15) is 0 Å². The van der Waals surface area contributed by atoms with Crippen LogP contribution in [0.25, 0.3) is 44.2 Å². The average molecular weight is 688 g/mol. The second kappa shape index (κ2) is 13.2. The second-order valence-electron chi connectivity index (χ2n) is 14.1. The van der Waals surface area contributed by atoms with Gasteiger partial charge in [-0.25, -0.2) is 0 Å². The lowest BCUT2D eigenvalue weighted by atomic mass is 9.67. The first-order chi connectivity index (χ1) is 26.8. The van der Waals surface area contributed by atoms with E-state index in [1.807, 2.05) is 0 Å². The van der Waals surface area contributed by atoms with Gasteiger partial charge in [0.25, 0.3) is 0 Å². The van der Waals surface area contributed by atoms with Crippen molar-refractivity contribution >= 4 is 27.8 Å². The fourth-order valence-corrected chi connectivity index (χ4v) is 8.74. The largest absolute Gasteiger partial charge is 0.310 e. The molecule has 0 amide bonds. The molecule has 0 N–H and O–H groups in total. The Morgan fingerprint density at radius 3 is 1.59 bits per heavy atom. The van der Waals surface area contributed by atoms with Crippen LogP contribution in [-0.4, -0.2) is 0 Å². The quantitative estimate of drug-likeness (QED) is 0.161. The monoisotopic (exact) mass is 687 g/mol. The summed E-state index contributed by atoms with van der Waals surface area (Å²) in [5.74, 6) is 0. The Hall–Kier alpha value is -6.96. The molecule has 0 saturated carbocycles. The van der Waals surface area contributed by atoms with Crippen molar-refractivity contribution in [1.82, 2.24) is 0 Å². The van der Waals surface area contributed by atoms with Crippen LogP contribution >= 0.6 is 0 Å². The summed E-state index contributed by atoms with van der Waals surface area (Å²) in [6.07, 6.45) is 0. The van der Waals surface area contributed by atoms with Crippen LogP contribution < -0.4 is 4.90 Å². The van der Waals surface area contributed by atoms with Crippen molar-refractivity contribution < 1.29 is 0 Å². The van der Waals surface area contributed by atoms with Crippen molar-refractivity contribution in [2.45, 2.75) is 5.41 Å². The van der Waals surface area contributed by atoms with Crippen LogP contribution in [0, 0.1) is 0 Å². The molecule has 0 spiro atoms. The highest BCUT2D eigenvalue weighted by Gasteiger charge is 2.46. The van der Waals surface area contributed by atoms with E-state index in [0.29, 0.717) is 0 Å². The van der Waals surface area contributed by atoms with E-state index in [4.69, 9.17) is 0 Å². The Bertz CT molecular complexity index is 2700. The van der Waals surface area contributed by atoms with Crippen LogP contribution in [-0.2, 0) is 5.41 Å². The molecular weight excluding hydrogens is 651 g/mol. The standard InChI is InChI=1S/C53H37N/c1-4-20-42(21-5-1)53(43-22-6-2-7-23-43)51-29-13-12-27-49(51)50-35-34-46(37-52(50)53)54(44-24-8-3-9-25-44)45-32-30-38(31-33-45)40-18-14-19-41(36-40)48-28-15-17-39-16-10-11-26-47(39)48/h1-37H. The molecule has 254 valence electrons. The molecule has 1 aliphatic rings. The van der Waals surface area contributed by atoms with Gasteiger partial charge in [-0.15, -0.1) is 0 Å². The highest BCUT2D eigenvalue weighted by atomic mass is 15.1. The maximum Gasteiger partial charge on any atom is 0.0714 e. The summed E-state index contributed by atoms with van der Waals surface area (Å²) in [5.41, 5.74) is 15.4. The molecule has 0 aromatic heterocycles. The van der Waals surface area contributed by atoms with Gasteiger partial charge in [0, 0.05) is 17.1 Å². The lowest BCUT2D eigenvalue weighted by Crippen LogP contribution is -2.28. The zero-order chi connectivity index (χ0) is 35.9. The van der Waals surface area contributed by atoms with Gasteiger partial charge < -0.3 is 4.90 Å².